The molecule has 2 rings (SSSR count). The molecular formula is C27H37NO9. The number of carbonyl (C=O) groups is 3. The Labute approximate surface area is 218 Å². The van der Waals surface area contributed by atoms with Crippen molar-refractivity contribution in [2.24, 2.45) is 0 Å². The fourth-order valence-electron chi connectivity index (χ4n) is 3.45. The SMILES string of the molecule is C.CC[C@](COC(=O)c1cc(OC)c(OC)c(OC)c1)(c1ccccc1)N(C)C.O=C(O)/C=C\C(=O)O. The molecule has 0 aliphatic heterocycles. The highest BCUT2D eigenvalue weighted by Gasteiger charge is 2.34. The highest BCUT2D eigenvalue weighted by atomic mass is 16.5. The fourth-order valence-corrected chi connectivity index (χ4v) is 3.45. The first-order chi connectivity index (χ1) is 17.1. The minimum absolute atomic E-state index is 0. The van der Waals surface area contributed by atoms with E-state index in [0.29, 0.717) is 35.0 Å². The van der Waals surface area contributed by atoms with Gasteiger partial charge >= 0.3 is 17.9 Å². The Bertz CT molecular complexity index is 1010. The van der Waals surface area contributed by atoms with Gasteiger partial charge in [0.1, 0.15) is 6.61 Å². The molecule has 0 heterocycles. The summed E-state index contributed by atoms with van der Waals surface area (Å²) in [6.45, 7) is 2.30. The van der Waals surface area contributed by atoms with E-state index in [2.05, 4.69) is 24.0 Å². The molecule has 0 radical (unpaired) electrons. The molecule has 204 valence electrons. The monoisotopic (exact) mass is 519 g/mol. The summed E-state index contributed by atoms with van der Waals surface area (Å²) in [7, 11) is 8.52. The number of likely N-dealkylation sites (N-methyl/N-ethyl adjacent to an activating group) is 1. The van der Waals surface area contributed by atoms with Crippen LogP contribution in [0, 0.1) is 0 Å². The van der Waals surface area contributed by atoms with E-state index in [-0.39, 0.29) is 14.0 Å². The Morgan fingerprint density at radius 1 is 0.892 bits per heavy atom. The van der Waals surface area contributed by atoms with Gasteiger partial charge in [-0.2, -0.15) is 0 Å². The lowest BCUT2D eigenvalue weighted by Crippen LogP contribution is -2.45. The van der Waals surface area contributed by atoms with Gasteiger partial charge in [0.2, 0.25) is 5.75 Å². The molecule has 10 nitrogen and oxygen atoms in total. The standard InChI is InChI=1S/C22H29NO5.C4H4O4.CH4/c1-7-22(23(2)3,17-11-9-8-10-12-17)15-28-21(24)16-13-18(25-4)20(27-6)19(14-16)26-5;5-3(6)1-2-4(7)8;/h8-14H,7,15H2,1-6H3;1-2H,(H,5,6)(H,7,8);1H4/b;2-1-;/t22-;;/m0../s1. The molecule has 10 heteroatoms. The summed E-state index contributed by atoms with van der Waals surface area (Å²) in [5.74, 6) is -1.71. The molecule has 0 saturated heterocycles. The lowest BCUT2D eigenvalue weighted by atomic mass is 9.87. The van der Waals surface area contributed by atoms with Gasteiger partial charge in [0.15, 0.2) is 11.5 Å². The topological polar surface area (TPSA) is 132 Å². The lowest BCUT2D eigenvalue weighted by Gasteiger charge is -2.39. The number of aliphatic carboxylic acids is 2. The summed E-state index contributed by atoms with van der Waals surface area (Å²) in [5.41, 5.74) is 1.02. The van der Waals surface area contributed by atoms with Crippen molar-refractivity contribution < 1.29 is 43.5 Å². The van der Waals surface area contributed by atoms with E-state index in [0.717, 1.165) is 12.0 Å². The normalized spacial score (nSPS) is 11.9. The van der Waals surface area contributed by atoms with Gasteiger partial charge in [0.05, 0.1) is 32.4 Å². The van der Waals surface area contributed by atoms with Crippen LogP contribution >= 0.6 is 0 Å². The molecule has 0 fully saturated rings. The van der Waals surface area contributed by atoms with Crippen molar-refractivity contribution >= 4 is 17.9 Å². The zero-order valence-electron chi connectivity index (χ0n) is 21.3. The fraction of sp³-hybridized carbons (Fsp3) is 0.370. The molecule has 0 bridgehead atoms. The highest BCUT2D eigenvalue weighted by Crippen LogP contribution is 2.38. The van der Waals surface area contributed by atoms with Crippen molar-refractivity contribution in [3.05, 3.63) is 65.7 Å². The van der Waals surface area contributed by atoms with Crippen LogP contribution < -0.4 is 14.2 Å². The maximum atomic E-state index is 12.8. The Hall–Kier alpha value is -4.05. The van der Waals surface area contributed by atoms with Crippen molar-refractivity contribution in [3.8, 4) is 17.2 Å². The molecule has 1 atom stereocenters. The molecule has 0 unspecified atom stereocenters. The molecule has 0 saturated carbocycles. The van der Waals surface area contributed by atoms with E-state index in [1.54, 1.807) is 12.1 Å². The maximum Gasteiger partial charge on any atom is 0.338 e. The van der Waals surface area contributed by atoms with Gasteiger partial charge in [-0.3, -0.25) is 4.90 Å². The smallest absolute Gasteiger partial charge is 0.338 e. The average Bonchev–Trinajstić information content (AvgIpc) is 2.87. The predicted molar refractivity (Wildman–Crippen MR) is 140 cm³/mol. The Balaban J connectivity index is 0.00000125. The van der Waals surface area contributed by atoms with Crippen LogP contribution in [0.2, 0.25) is 0 Å². The quantitative estimate of drug-likeness (QED) is 0.330. The second-order valence-corrected chi connectivity index (χ2v) is 7.65. The van der Waals surface area contributed by atoms with Crippen molar-refractivity contribution in [3.63, 3.8) is 0 Å². The number of esters is 1. The van der Waals surface area contributed by atoms with Crippen molar-refractivity contribution in [1.29, 1.82) is 0 Å². The Kier molecular flexibility index (Phi) is 14.1. The summed E-state index contributed by atoms with van der Waals surface area (Å²) < 4.78 is 21.7. The van der Waals surface area contributed by atoms with E-state index in [9.17, 15) is 14.4 Å². The third-order valence-corrected chi connectivity index (χ3v) is 5.46. The van der Waals surface area contributed by atoms with Gasteiger partial charge in [-0.1, -0.05) is 44.7 Å². The first-order valence-electron chi connectivity index (χ1n) is 10.9. The largest absolute Gasteiger partial charge is 0.493 e. The Morgan fingerprint density at radius 3 is 1.73 bits per heavy atom. The summed E-state index contributed by atoms with van der Waals surface area (Å²) in [6, 6.07) is 13.2. The van der Waals surface area contributed by atoms with E-state index < -0.39 is 23.4 Å². The van der Waals surface area contributed by atoms with Gasteiger partial charge in [0, 0.05) is 12.2 Å². The van der Waals surface area contributed by atoms with Crippen LogP contribution in [0.15, 0.2) is 54.6 Å². The molecule has 2 aromatic carbocycles. The molecule has 2 N–H and O–H groups in total. The molecule has 0 aliphatic carbocycles. The van der Waals surface area contributed by atoms with E-state index in [1.165, 1.54) is 21.3 Å². The first kappa shape index (κ1) is 33.0. The molecule has 0 aromatic heterocycles. The third kappa shape index (κ3) is 9.16. The number of carboxylic acids is 2. The van der Waals surface area contributed by atoms with Gasteiger partial charge in [0.25, 0.3) is 0 Å². The van der Waals surface area contributed by atoms with Crippen LogP contribution in [-0.2, 0) is 19.9 Å². The van der Waals surface area contributed by atoms with Crippen molar-refractivity contribution in [2.75, 3.05) is 42.0 Å². The molecular weight excluding hydrogens is 482 g/mol. The second kappa shape index (κ2) is 15.8. The number of nitrogens with zero attached hydrogens (tertiary/aromatic N) is 1. The van der Waals surface area contributed by atoms with Gasteiger partial charge in [-0.25, -0.2) is 14.4 Å². The molecule has 0 amide bonds. The van der Waals surface area contributed by atoms with Crippen molar-refractivity contribution in [1.82, 2.24) is 4.90 Å². The van der Waals surface area contributed by atoms with E-state index in [1.807, 2.05) is 32.3 Å². The van der Waals surface area contributed by atoms with Crippen LogP contribution in [0.3, 0.4) is 0 Å². The Morgan fingerprint density at radius 2 is 1.38 bits per heavy atom. The van der Waals surface area contributed by atoms with Crippen molar-refractivity contribution in [2.45, 2.75) is 26.3 Å². The van der Waals surface area contributed by atoms with E-state index in [4.69, 9.17) is 29.2 Å². The summed E-state index contributed by atoms with van der Waals surface area (Å²) in [5, 5.41) is 15.6. The number of ether oxygens (including phenoxy) is 4. The second-order valence-electron chi connectivity index (χ2n) is 7.65. The molecule has 0 spiro atoms. The maximum absolute atomic E-state index is 12.8. The zero-order chi connectivity index (χ0) is 27.3. The lowest BCUT2D eigenvalue weighted by molar-refractivity contribution is -0.134. The molecule has 37 heavy (non-hydrogen) atoms. The van der Waals surface area contributed by atoms with Crippen LogP contribution in [0.25, 0.3) is 0 Å². The summed E-state index contributed by atoms with van der Waals surface area (Å²) in [6.07, 6.45) is 1.90. The first-order valence-corrected chi connectivity index (χ1v) is 10.9. The highest BCUT2D eigenvalue weighted by molar-refractivity contribution is 5.91. The molecule has 2 aromatic rings. The van der Waals surface area contributed by atoms with Crippen LogP contribution in [0.1, 0.15) is 36.7 Å². The summed E-state index contributed by atoms with van der Waals surface area (Å²) in [4.78, 5) is 34.0. The summed E-state index contributed by atoms with van der Waals surface area (Å²) >= 11 is 0. The average molecular weight is 520 g/mol. The molecule has 0 aliphatic rings. The number of benzene rings is 2. The van der Waals surface area contributed by atoms with E-state index >= 15 is 0 Å². The van der Waals surface area contributed by atoms with Crippen LogP contribution in [-0.4, -0.2) is 75.1 Å². The number of hydrogen-bond acceptors (Lipinski definition) is 8. The minimum atomic E-state index is -1.26. The number of rotatable bonds is 11. The van der Waals surface area contributed by atoms with Gasteiger partial charge in [-0.05, 0) is 38.2 Å². The van der Waals surface area contributed by atoms with Gasteiger partial charge in [-0.15, -0.1) is 0 Å². The minimum Gasteiger partial charge on any atom is -0.493 e. The number of methoxy groups -OCH3 is 3. The van der Waals surface area contributed by atoms with Gasteiger partial charge < -0.3 is 29.2 Å². The third-order valence-electron chi connectivity index (χ3n) is 5.46. The zero-order valence-corrected chi connectivity index (χ0v) is 21.3. The number of carboxylic acid groups (broad SMARTS) is 2. The predicted octanol–water partition coefficient (Wildman–Crippen LogP) is 4.08. The number of carbonyl (C=O) groups excluding carboxylic acids is 1. The van der Waals surface area contributed by atoms with Crippen LogP contribution in [0.5, 0.6) is 17.2 Å². The van der Waals surface area contributed by atoms with Crippen LogP contribution in [0.4, 0.5) is 0 Å². The number of hydrogen-bond donors (Lipinski definition) is 2.